The molecule has 1 aromatic carbocycles. The zero-order valence-corrected chi connectivity index (χ0v) is 11.7. The van der Waals surface area contributed by atoms with Crippen LogP contribution in [0.2, 0.25) is 0 Å². The molecular weight excluding hydrogens is 252 g/mol. The number of hydrogen-bond donors (Lipinski definition) is 2. The number of fused-ring (bicyclic) bond motifs is 1. The van der Waals surface area contributed by atoms with Crippen LogP contribution in [0, 0.1) is 5.92 Å². The number of rotatable bonds is 4. The van der Waals surface area contributed by atoms with Crippen LogP contribution in [0.15, 0.2) is 30.5 Å². The third-order valence-electron chi connectivity index (χ3n) is 4.11. The third kappa shape index (κ3) is 2.43. The van der Waals surface area contributed by atoms with E-state index in [4.69, 9.17) is 4.74 Å². The lowest BCUT2D eigenvalue weighted by Gasteiger charge is -2.17. The second-order valence-corrected chi connectivity index (χ2v) is 5.32. The first-order chi connectivity index (χ1) is 9.79. The summed E-state index contributed by atoms with van der Waals surface area (Å²) < 4.78 is 5.65. The number of ether oxygens (including phenoxy) is 1. The SMILES string of the molecule is CCC1OCCC1CNC(=O)c1cccc2[nH]ccc12. The van der Waals surface area contributed by atoms with Gasteiger partial charge in [0.05, 0.1) is 6.10 Å². The number of carbonyl (C=O) groups excluding carboxylic acids is 1. The van der Waals surface area contributed by atoms with Gasteiger partial charge >= 0.3 is 0 Å². The minimum absolute atomic E-state index is 0.00282. The Labute approximate surface area is 118 Å². The Kier molecular flexibility index (Phi) is 3.74. The molecule has 0 bridgehead atoms. The van der Waals surface area contributed by atoms with Gasteiger partial charge in [-0.1, -0.05) is 13.0 Å². The zero-order valence-electron chi connectivity index (χ0n) is 11.7. The van der Waals surface area contributed by atoms with Crippen LogP contribution in [0.5, 0.6) is 0 Å². The van der Waals surface area contributed by atoms with Gasteiger partial charge in [-0.3, -0.25) is 4.79 Å². The first-order valence-corrected chi connectivity index (χ1v) is 7.25. The summed E-state index contributed by atoms with van der Waals surface area (Å²) in [4.78, 5) is 15.5. The van der Waals surface area contributed by atoms with Crippen molar-refractivity contribution in [1.82, 2.24) is 10.3 Å². The normalized spacial score (nSPS) is 22.2. The summed E-state index contributed by atoms with van der Waals surface area (Å²) in [5.41, 5.74) is 1.73. The van der Waals surface area contributed by atoms with Crippen LogP contribution < -0.4 is 5.32 Å². The quantitative estimate of drug-likeness (QED) is 0.899. The van der Waals surface area contributed by atoms with Gasteiger partial charge in [0, 0.05) is 41.7 Å². The molecule has 2 N–H and O–H groups in total. The second-order valence-electron chi connectivity index (χ2n) is 5.32. The molecule has 0 spiro atoms. The number of benzene rings is 1. The molecule has 2 atom stereocenters. The van der Waals surface area contributed by atoms with E-state index in [-0.39, 0.29) is 5.91 Å². The lowest BCUT2D eigenvalue weighted by Crippen LogP contribution is -2.32. The predicted molar refractivity (Wildman–Crippen MR) is 78.8 cm³/mol. The minimum atomic E-state index is -0.00282. The molecule has 0 saturated carbocycles. The fourth-order valence-electron chi connectivity index (χ4n) is 2.98. The summed E-state index contributed by atoms with van der Waals surface area (Å²) in [5.74, 6) is 0.436. The minimum Gasteiger partial charge on any atom is -0.378 e. The Morgan fingerprint density at radius 1 is 1.45 bits per heavy atom. The second kappa shape index (κ2) is 5.67. The van der Waals surface area contributed by atoms with E-state index in [1.165, 1.54) is 0 Å². The van der Waals surface area contributed by atoms with Gasteiger partial charge < -0.3 is 15.0 Å². The maximum absolute atomic E-state index is 12.3. The number of hydrogen-bond acceptors (Lipinski definition) is 2. The zero-order chi connectivity index (χ0) is 13.9. The van der Waals surface area contributed by atoms with E-state index in [2.05, 4.69) is 17.2 Å². The molecule has 1 fully saturated rings. The number of carbonyl (C=O) groups is 1. The van der Waals surface area contributed by atoms with Crippen molar-refractivity contribution in [3.63, 3.8) is 0 Å². The molecule has 2 unspecified atom stereocenters. The summed E-state index contributed by atoms with van der Waals surface area (Å²) in [6.07, 6.45) is 4.19. The number of H-pyrrole nitrogens is 1. The summed E-state index contributed by atoms with van der Waals surface area (Å²) >= 11 is 0. The molecule has 20 heavy (non-hydrogen) atoms. The van der Waals surface area contributed by atoms with E-state index in [0.29, 0.717) is 18.6 Å². The first-order valence-electron chi connectivity index (χ1n) is 7.25. The summed E-state index contributed by atoms with van der Waals surface area (Å²) in [7, 11) is 0. The molecule has 1 amide bonds. The monoisotopic (exact) mass is 272 g/mol. The van der Waals surface area contributed by atoms with Crippen LogP contribution in [-0.2, 0) is 4.74 Å². The van der Waals surface area contributed by atoms with E-state index in [0.717, 1.165) is 35.9 Å². The van der Waals surface area contributed by atoms with Crippen molar-refractivity contribution in [3.8, 4) is 0 Å². The molecule has 4 heteroatoms. The fourth-order valence-corrected chi connectivity index (χ4v) is 2.98. The Bertz CT molecular complexity index is 605. The average molecular weight is 272 g/mol. The van der Waals surface area contributed by atoms with Crippen molar-refractivity contribution >= 4 is 16.8 Å². The van der Waals surface area contributed by atoms with Gasteiger partial charge in [0.2, 0.25) is 0 Å². The highest BCUT2D eigenvalue weighted by atomic mass is 16.5. The highest BCUT2D eigenvalue weighted by Gasteiger charge is 2.27. The predicted octanol–water partition coefficient (Wildman–Crippen LogP) is 2.71. The van der Waals surface area contributed by atoms with E-state index in [9.17, 15) is 4.79 Å². The number of nitrogens with one attached hydrogen (secondary N) is 2. The maximum atomic E-state index is 12.3. The highest BCUT2D eigenvalue weighted by Crippen LogP contribution is 2.23. The van der Waals surface area contributed by atoms with Gasteiger partial charge in [0.1, 0.15) is 0 Å². The fraction of sp³-hybridized carbons (Fsp3) is 0.438. The van der Waals surface area contributed by atoms with Gasteiger partial charge in [0.25, 0.3) is 5.91 Å². The van der Waals surface area contributed by atoms with Crippen molar-refractivity contribution in [3.05, 3.63) is 36.0 Å². The lowest BCUT2D eigenvalue weighted by molar-refractivity contribution is 0.0827. The molecule has 2 heterocycles. The lowest BCUT2D eigenvalue weighted by atomic mass is 9.99. The molecule has 2 aromatic rings. The molecule has 3 rings (SSSR count). The van der Waals surface area contributed by atoms with Gasteiger partial charge in [-0.25, -0.2) is 0 Å². The highest BCUT2D eigenvalue weighted by molar-refractivity contribution is 6.06. The first kappa shape index (κ1) is 13.2. The van der Waals surface area contributed by atoms with Crippen LogP contribution in [0.4, 0.5) is 0 Å². The average Bonchev–Trinajstić information content (AvgIpc) is 3.12. The molecule has 1 aliphatic heterocycles. The number of amides is 1. The molecule has 4 nitrogen and oxygen atoms in total. The van der Waals surface area contributed by atoms with Gasteiger partial charge in [-0.15, -0.1) is 0 Å². The number of aromatic nitrogens is 1. The molecule has 1 aromatic heterocycles. The summed E-state index contributed by atoms with van der Waals surface area (Å²) in [6.45, 7) is 3.63. The van der Waals surface area contributed by atoms with E-state index in [1.807, 2.05) is 30.5 Å². The Hall–Kier alpha value is -1.81. The largest absolute Gasteiger partial charge is 0.378 e. The van der Waals surface area contributed by atoms with Gasteiger partial charge in [0.15, 0.2) is 0 Å². The van der Waals surface area contributed by atoms with E-state index < -0.39 is 0 Å². The Morgan fingerprint density at radius 3 is 3.20 bits per heavy atom. The van der Waals surface area contributed by atoms with Crippen molar-refractivity contribution in [2.75, 3.05) is 13.2 Å². The van der Waals surface area contributed by atoms with Crippen molar-refractivity contribution in [2.24, 2.45) is 5.92 Å². The van der Waals surface area contributed by atoms with Crippen LogP contribution in [0.1, 0.15) is 30.1 Å². The van der Waals surface area contributed by atoms with Crippen LogP contribution in [-0.4, -0.2) is 30.1 Å². The van der Waals surface area contributed by atoms with Crippen LogP contribution >= 0.6 is 0 Å². The molecular formula is C16H20N2O2. The van der Waals surface area contributed by atoms with Gasteiger partial charge in [-0.05, 0) is 31.0 Å². The van der Waals surface area contributed by atoms with Crippen LogP contribution in [0.3, 0.4) is 0 Å². The van der Waals surface area contributed by atoms with E-state index >= 15 is 0 Å². The topological polar surface area (TPSA) is 54.1 Å². The molecule has 1 saturated heterocycles. The molecule has 0 aliphatic carbocycles. The molecule has 1 aliphatic rings. The smallest absolute Gasteiger partial charge is 0.251 e. The summed E-state index contributed by atoms with van der Waals surface area (Å²) in [6, 6.07) is 7.69. The van der Waals surface area contributed by atoms with Crippen molar-refractivity contribution in [1.29, 1.82) is 0 Å². The van der Waals surface area contributed by atoms with Crippen molar-refractivity contribution in [2.45, 2.75) is 25.9 Å². The third-order valence-corrected chi connectivity index (χ3v) is 4.11. The van der Waals surface area contributed by atoms with Gasteiger partial charge in [-0.2, -0.15) is 0 Å². The molecule has 0 radical (unpaired) electrons. The Morgan fingerprint density at radius 2 is 2.35 bits per heavy atom. The standard InChI is InChI=1S/C16H20N2O2/c1-2-15-11(7-9-20-15)10-18-16(19)13-4-3-5-14-12(13)6-8-17-14/h3-6,8,11,15,17H,2,7,9-10H2,1H3,(H,18,19). The van der Waals surface area contributed by atoms with E-state index in [1.54, 1.807) is 0 Å². The Balaban J connectivity index is 1.69. The summed E-state index contributed by atoms with van der Waals surface area (Å²) in [5, 5.41) is 4.03. The van der Waals surface area contributed by atoms with Crippen molar-refractivity contribution < 1.29 is 9.53 Å². The van der Waals surface area contributed by atoms with Crippen LogP contribution in [0.25, 0.3) is 10.9 Å². The maximum Gasteiger partial charge on any atom is 0.251 e. The number of aromatic amines is 1. The molecule has 106 valence electrons.